The molecule has 0 aromatic heterocycles. The van der Waals surface area contributed by atoms with E-state index in [2.05, 4.69) is 4.90 Å². The summed E-state index contributed by atoms with van der Waals surface area (Å²) < 4.78 is 13.4. The minimum atomic E-state index is -0.159. The number of thioether (sulfide) groups is 1. The minimum absolute atomic E-state index is 0.0694. The van der Waals surface area contributed by atoms with Crippen LogP contribution in [-0.4, -0.2) is 36.1 Å². The fourth-order valence-corrected chi connectivity index (χ4v) is 3.21. The van der Waals surface area contributed by atoms with Crippen LogP contribution >= 0.6 is 11.8 Å². The zero-order valence-electron chi connectivity index (χ0n) is 10.3. The van der Waals surface area contributed by atoms with E-state index in [1.807, 2.05) is 6.07 Å². The highest BCUT2D eigenvalue weighted by molar-refractivity contribution is 7.99. The van der Waals surface area contributed by atoms with Gasteiger partial charge in [0.15, 0.2) is 0 Å². The average molecular weight is 267 g/mol. The molecule has 1 heterocycles. The van der Waals surface area contributed by atoms with Gasteiger partial charge in [0, 0.05) is 17.2 Å². The monoisotopic (exact) mass is 267 g/mol. The van der Waals surface area contributed by atoms with Gasteiger partial charge in [-0.25, -0.2) is 4.39 Å². The third kappa shape index (κ3) is 3.56. The molecule has 18 heavy (non-hydrogen) atoms. The quantitative estimate of drug-likeness (QED) is 0.604. The summed E-state index contributed by atoms with van der Waals surface area (Å²) in [6, 6.07) is 6.90. The molecule has 0 aliphatic carbocycles. The summed E-state index contributed by atoms with van der Waals surface area (Å²) in [5.74, 6) is 0.665. The van der Waals surface area contributed by atoms with Gasteiger partial charge < -0.3 is 4.79 Å². The second-order valence-electron chi connectivity index (χ2n) is 4.51. The van der Waals surface area contributed by atoms with Gasteiger partial charge in [0.1, 0.15) is 12.1 Å². The SMILES string of the molecule is O=CC1CCCCN1CCSc1ccccc1F. The van der Waals surface area contributed by atoms with Crippen molar-refractivity contribution in [3.8, 4) is 0 Å². The molecule has 1 unspecified atom stereocenters. The van der Waals surface area contributed by atoms with Crippen LogP contribution in [0.3, 0.4) is 0 Å². The molecule has 4 heteroatoms. The maximum atomic E-state index is 13.4. The van der Waals surface area contributed by atoms with E-state index in [-0.39, 0.29) is 11.9 Å². The van der Waals surface area contributed by atoms with Crippen molar-refractivity contribution < 1.29 is 9.18 Å². The molecule has 0 spiro atoms. The predicted octanol–water partition coefficient (Wildman–Crippen LogP) is 2.97. The third-order valence-electron chi connectivity index (χ3n) is 3.29. The van der Waals surface area contributed by atoms with Crippen molar-refractivity contribution >= 4 is 18.0 Å². The van der Waals surface area contributed by atoms with Crippen LogP contribution in [0.1, 0.15) is 19.3 Å². The number of hydrogen-bond acceptors (Lipinski definition) is 3. The lowest BCUT2D eigenvalue weighted by Crippen LogP contribution is -2.41. The Kier molecular flexibility index (Phi) is 5.20. The number of piperidine rings is 1. The third-order valence-corrected chi connectivity index (χ3v) is 4.32. The van der Waals surface area contributed by atoms with Gasteiger partial charge in [-0.3, -0.25) is 4.90 Å². The molecule has 1 aliphatic heterocycles. The molecule has 0 radical (unpaired) electrons. The first-order chi connectivity index (χ1) is 8.81. The molecule has 0 bridgehead atoms. The Hall–Kier alpha value is -0.870. The van der Waals surface area contributed by atoms with Gasteiger partial charge in [-0.1, -0.05) is 18.6 Å². The van der Waals surface area contributed by atoms with Crippen LogP contribution in [0.4, 0.5) is 4.39 Å². The van der Waals surface area contributed by atoms with Crippen LogP contribution in [0.5, 0.6) is 0 Å². The smallest absolute Gasteiger partial charge is 0.137 e. The molecule has 1 fully saturated rings. The Labute approximate surface area is 112 Å². The van der Waals surface area contributed by atoms with Gasteiger partial charge in [0.25, 0.3) is 0 Å². The van der Waals surface area contributed by atoms with E-state index >= 15 is 0 Å². The van der Waals surface area contributed by atoms with Crippen molar-refractivity contribution in [1.82, 2.24) is 4.90 Å². The first-order valence-corrected chi connectivity index (χ1v) is 7.36. The largest absolute Gasteiger partial charge is 0.302 e. The summed E-state index contributed by atoms with van der Waals surface area (Å²) in [5.41, 5.74) is 0. The fourth-order valence-electron chi connectivity index (χ4n) is 2.28. The van der Waals surface area contributed by atoms with Crippen molar-refractivity contribution in [3.05, 3.63) is 30.1 Å². The predicted molar refractivity (Wildman–Crippen MR) is 72.4 cm³/mol. The van der Waals surface area contributed by atoms with Crippen LogP contribution in [0.2, 0.25) is 0 Å². The van der Waals surface area contributed by atoms with E-state index in [4.69, 9.17) is 0 Å². The minimum Gasteiger partial charge on any atom is -0.302 e. The molecule has 1 aromatic carbocycles. The Bertz CT molecular complexity index is 399. The molecule has 0 N–H and O–H groups in total. The molecule has 1 aromatic rings. The Balaban J connectivity index is 1.81. The second-order valence-corrected chi connectivity index (χ2v) is 5.65. The Morgan fingerprint density at radius 2 is 2.22 bits per heavy atom. The van der Waals surface area contributed by atoms with Crippen molar-refractivity contribution in [2.24, 2.45) is 0 Å². The average Bonchev–Trinajstić information content (AvgIpc) is 2.41. The van der Waals surface area contributed by atoms with Crippen LogP contribution in [-0.2, 0) is 4.79 Å². The van der Waals surface area contributed by atoms with Crippen molar-refractivity contribution in [2.45, 2.75) is 30.2 Å². The lowest BCUT2D eigenvalue weighted by molar-refractivity contribution is -0.113. The highest BCUT2D eigenvalue weighted by Gasteiger charge is 2.21. The standard InChI is InChI=1S/C14H18FNOS/c15-13-6-1-2-7-14(13)18-10-9-16-8-4-3-5-12(16)11-17/h1-2,6-7,11-12H,3-5,8-10H2. The number of likely N-dealkylation sites (tertiary alicyclic amines) is 1. The molecule has 2 rings (SSSR count). The summed E-state index contributed by atoms with van der Waals surface area (Å²) in [6.45, 7) is 1.84. The number of nitrogens with zero attached hydrogens (tertiary/aromatic N) is 1. The second kappa shape index (κ2) is 6.90. The number of hydrogen-bond donors (Lipinski definition) is 0. The maximum Gasteiger partial charge on any atom is 0.137 e. The zero-order valence-corrected chi connectivity index (χ0v) is 11.2. The van der Waals surface area contributed by atoms with Gasteiger partial charge in [0.05, 0.1) is 6.04 Å². The summed E-state index contributed by atoms with van der Waals surface area (Å²) in [5, 5.41) is 0. The van der Waals surface area contributed by atoms with Gasteiger partial charge >= 0.3 is 0 Å². The highest BCUT2D eigenvalue weighted by atomic mass is 32.2. The molecule has 0 amide bonds. The highest BCUT2D eigenvalue weighted by Crippen LogP contribution is 2.22. The maximum absolute atomic E-state index is 13.4. The van der Waals surface area contributed by atoms with Crippen LogP contribution in [0.15, 0.2) is 29.2 Å². The molecule has 1 atom stereocenters. The number of halogens is 1. The number of rotatable bonds is 5. The van der Waals surface area contributed by atoms with E-state index in [0.29, 0.717) is 4.90 Å². The molecule has 1 aliphatic rings. The number of aldehydes is 1. The van der Waals surface area contributed by atoms with E-state index in [9.17, 15) is 9.18 Å². The van der Waals surface area contributed by atoms with Gasteiger partial charge in [-0.2, -0.15) is 0 Å². The van der Waals surface area contributed by atoms with Crippen LogP contribution in [0.25, 0.3) is 0 Å². The van der Waals surface area contributed by atoms with E-state index in [1.165, 1.54) is 17.8 Å². The molecule has 1 saturated heterocycles. The van der Waals surface area contributed by atoms with E-state index < -0.39 is 0 Å². The summed E-state index contributed by atoms with van der Waals surface area (Å²) in [7, 11) is 0. The molecule has 98 valence electrons. The van der Waals surface area contributed by atoms with Gasteiger partial charge in [-0.05, 0) is 31.5 Å². The number of benzene rings is 1. The summed E-state index contributed by atoms with van der Waals surface area (Å²) >= 11 is 1.52. The van der Waals surface area contributed by atoms with Gasteiger partial charge in [-0.15, -0.1) is 11.8 Å². The topological polar surface area (TPSA) is 20.3 Å². The fraction of sp³-hybridized carbons (Fsp3) is 0.500. The Morgan fingerprint density at radius 3 is 3.00 bits per heavy atom. The zero-order chi connectivity index (χ0) is 12.8. The Morgan fingerprint density at radius 1 is 1.39 bits per heavy atom. The molecular formula is C14H18FNOS. The van der Waals surface area contributed by atoms with Crippen LogP contribution in [0, 0.1) is 5.82 Å². The molecular weight excluding hydrogens is 249 g/mol. The van der Waals surface area contributed by atoms with Crippen molar-refractivity contribution in [1.29, 1.82) is 0 Å². The summed E-state index contributed by atoms with van der Waals surface area (Å²) in [6.07, 6.45) is 4.32. The first-order valence-electron chi connectivity index (χ1n) is 6.38. The lowest BCUT2D eigenvalue weighted by Gasteiger charge is -2.31. The van der Waals surface area contributed by atoms with Gasteiger partial charge in [0.2, 0.25) is 0 Å². The van der Waals surface area contributed by atoms with E-state index in [1.54, 1.807) is 12.1 Å². The normalized spacial score (nSPS) is 20.8. The van der Waals surface area contributed by atoms with Crippen molar-refractivity contribution in [3.63, 3.8) is 0 Å². The number of carbonyl (C=O) groups is 1. The first kappa shape index (κ1) is 13.6. The molecule has 2 nitrogen and oxygen atoms in total. The summed E-state index contributed by atoms with van der Waals surface area (Å²) in [4.78, 5) is 13.9. The lowest BCUT2D eigenvalue weighted by atomic mass is 10.0. The number of carbonyl (C=O) groups excluding carboxylic acids is 1. The van der Waals surface area contributed by atoms with Crippen LogP contribution < -0.4 is 0 Å². The molecule has 0 saturated carbocycles. The van der Waals surface area contributed by atoms with Crippen molar-refractivity contribution in [2.75, 3.05) is 18.8 Å². The van der Waals surface area contributed by atoms with E-state index in [0.717, 1.165) is 44.4 Å².